The highest BCUT2D eigenvalue weighted by Crippen LogP contribution is 2.34. The van der Waals surface area contributed by atoms with Crippen LogP contribution in [0, 0.1) is 34.0 Å². The molecule has 0 spiro atoms. The second kappa shape index (κ2) is 6.97. The normalized spacial score (nSPS) is 9.78. The Kier molecular flexibility index (Phi) is 5.31. The molecule has 1 aromatic rings. The molecule has 0 saturated carbocycles. The number of carbonyl (C=O) groups excluding carboxylic acids is 1. The topological polar surface area (TPSA) is 110 Å². The molecule has 6 nitrogen and oxygen atoms in total. The number of esters is 1. The predicted molar refractivity (Wildman–Crippen MR) is 70.3 cm³/mol. The van der Waals surface area contributed by atoms with Crippen molar-refractivity contribution in [3.05, 3.63) is 40.6 Å². The number of halogens is 3. The van der Waals surface area contributed by atoms with Crippen molar-refractivity contribution in [1.29, 1.82) is 15.8 Å². The van der Waals surface area contributed by atoms with E-state index in [1.165, 1.54) is 18.2 Å². The van der Waals surface area contributed by atoms with Crippen LogP contribution in [0.25, 0.3) is 0 Å². The summed E-state index contributed by atoms with van der Waals surface area (Å²) < 4.78 is 43.3. The van der Waals surface area contributed by atoms with Gasteiger partial charge in [-0.2, -0.15) is 29.0 Å². The minimum atomic E-state index is -4.84. The van der Waals surface area contributed by atoms with Gasteiger partial charge in [0.15, 0.2) is 5.57 Å². The van der Waals surface area contributed by atoms with Crippen molar-refractivity contribution in [2.45, 2.75) is 6.18 Å². The highest BCUT2D eigenvalue weighted by Gasteiger charge is 2.36. The van der Waals surface area contributed by atoms with Crippen molar-refractivity contribution in [3.63, 3.8) is 0 Å². The second-order valence-corrected chi connectivity index (χ2v) is 3.96. The smallest absolute Gasteiger partial charge is 0.417 e. The van der Waals surface area contributed by atoms with Gasteiger partial charge in [0.05, 0.1) is 18.2 Å². The molecule has 0 fully saturated rings. The van der Waals surface area contributed by atoms with Crippen molar-refractivity contribution in [2.75, 3.05) is 12.4 Å². The molecule has 1 aromatic carbocycles. The summed E-state index contributed by atoms with van der Waals surface area (Å²) >= 11 is 0. The maximum Gasteiger partial charge on any atom is 0.417 e. The molecule has 0 aliphatic rings. The van der Waals surface area contributed by atoms with Gasteiger partial charge in [0.25, 0.3) is 0 Å². The minimum absolute atomic E-state index is 0.218. The van der Waals surface area contributed by atoms with Gasteiger partial charge in [0.2, 0.25) is 0 Å². The van der Waals surface area contributed by atoms with Crippen LogP contribution in [-0.4, -0.2) is 13.1 Å². The van der Waals surface area contributed by atoms with Gasteiger partial charge in [0, 0.05) is 5.69 Å². The van der Waals surface area contributed by atoms with Crippen LogP contribution in [0.5, 0.6) is 0 Å². The summed E-state index contributed by atoms with van der Waals surface area (Å²) in [6.07, 6.45) is -4.84. The Balaban J connectivity index is 3.41. The zero-order valence-corrected chi connectivity index (χ0v) is 11.5. The molecule has 0 amide bonds. The van der Waals surface area contributed by atoms with Gasteiger partial charge in [-0.3, -0.25) is 0 Å². The number of nitrogens with one attached hydrogen (secondary N) is 1. The van der Waals surface area contributed by atoms with Crippen molar-refractivity contribution in [3.8, 4) is 18.2 Å². The van der Waals surface area contributed by atoms with E-state index in [0.717, 1.165) is 19.2 Å². The van der Waals surface area contributed by atoms with Crippen LogP contribution in [0.1, 0.15) is 15.9 Å². The third-order valence-electron chi connectivity index (χ3n) is 2.59. The Morgan fingerprint density at radius 2 is 1.78 bits per heavy atom. The van der Waals surface area contributed by atoms with Crippen LogP contribution in [0.2, 0.25) is 0 Å². The number of rotatable bonds is 3. The molecule has 0 aromatic heterocycles. The van der Waals surface area contributed by atoms with Gasteiger partial charge in [-0.05, 0) is 18.2 Å². The summed E-state index contributed by atoms with van der Waals surface area (Å²) in [7, 11) is 0.942. The SMILES string of the molecule is COC(=O)c1ccc(NC(C#N)=C(C#N)C#N)cc1C(F)(F)F. The predicted octanol–water partition coefficient (Wildman–Crippen LogP) is 2.73. The molecule has 0 saturated heterocycles. The first-order valence-electron chi connectivity index (χ1n) is 5.79. The number of hydrogen-bond donors (Lipinski definition) is 1. The third kappa shape index (κ3) is 3.99. The number of ether oxygens (including phenoxy) is 1. The second-order valence-electron chi connectivity index (χ2n) is 3.96. The molecule has 0 aliphatic heterocycles. The zero-order valence-electron chi connectivity index (χ0n) is 11.5. The van der Waals surface area contributed by atoms with Gasteiger partial charge in [-0.1, -0.05) is 0 Å². The first kappa shape index (κ1) is 17.5. The highest BCUT2D eigenvalue weighted by molar-refractivity contribution is 5.92. The summed E-state index contributed by atoms with van der Waals surface area (Å²) in [6, 6.07) is 6.93. The summed E-state index contributed by atoms with van der Waals surface area (Å²) in [5.74, 6) is -1.17. The van der Waals surface area contributed by atoms with Crippen LogP contribution in [0.3, 0.4) is 0 Å². The first-order valence-corrected chi connectivity index (χ1v) is 5.79. The van der Waals surface area contributed by atoms with Crippen LogP contribution >= 0.6 is 0 Å². The van der Waals surface area contributed by atoms with E-state index in [1.807, 2.05) is 0 Å². The molecule has 1 rings (SSSR count). The van der Waals surface area contributed by atoms with Crippen molar-refractivity contribution >= 4 is 11.7 Å². The number of benzene rings is 1. The lowest BCUT2D eigenvalue weighted by Crippen LogP contribution is -2.15. The summed E-state index contributed by atoms with van der Waals surface area (Å²) in [4.78, 5) is 11.4. The summed E-state index contributed by atoms with van der Waals surface area (Å²) in [6.45, 7) is 0. The Morgan fingerprint density at radius 3 is 2.22 bits per heavy atom. The highest BCUT2D eigenvalue weighted by atomic mass is 19.4. The van der Waals surface area contributed by atoms with Gasteiger partial charge in [-0.25, -0.2) is 4.79 Å². The molecule has 0 bridgehead atoms. The van der Waals surface area contributed by atoms with Crippen LogP contribution in [0.4, 0.5) is 18.9 Å². The average Bonchev–Trinajstić information content (AvgIpc) is 2.53. The fourth-order valence-electron chi connectivity index (χ4n) is 1.57. The molecule has 0 atom stereocenters. The zero-order chi connectivity index (χ0) is 17.6. The fourth-order valence-corrected chi connectivity index (χ4v) is 1.57. The number of hydrogen-bond acceptors (Lipinski definition) is 6. The van der Waals surface area contributed by atoms with E-state index in [4.69, 9.17) is 15.8 Å². The molecule has 23 heavy (non-hydrogen) atoms. The minimum Gasteiger partial charge on any atom is -0.465 e. The Labute approximate surface area is 128 Å². The molecular formula is C14H7F3N4O2. The molecule has 0 unspecified atom stereocenters. The van der Waals surface area contributed by atoms with Crippen molar-refractivity contribution in [2.24, 2.45) is 0 Å². The van der Waals surface area contributed by atoms with E-state index in [1.54, 1.807) is 0 Å². The average molecular weight is 320 g/mol. The number of allylic oxidation sites excluding steroid dienone is 2. The molecular weight excluding hydrogens is 313 g/mol. The number of methoxy groups -OCH3 is 1. The van der Waals surface area contributed by atoms with Crippen LogP contribution < -0.4 is 5.32 Å². The molecule has 1 N–H and O–H groups in total. The Hall–Kier alpha value is -3.51. The standard InChI is InChI=1S/C14H7F3N4O2/c1-23-13(22)10-3-2-9(4-11(10)14(15,16)17)21-12(7-20)8(5-18)6-19/h2-4,21H,1H3. The quantitative estimate of drug-likeness (QED) is 0.677. The van der Waals surface area contributed by atoms with Gasteiger partial charge in [0.1, 0.15) is 23.9 Å². The number of anilines is 1. The van der Waals surface area contributed by atoms with E-state index in [2.05, 4.69) is 10.1 Å². The van der Waals surface area contributed by atoms with Gasteiger partial charge < -0.3 is 10.1 Å². The number of alkyl halides is 3. The fraction of sp³-hybridized carbons (Fsp3) is 0.143. The molecule has 9 heteroatoms. The van der Waals surface area contributed by atoms with E-state index in [0.29, 0.717) is 6.07 Å². The van der Waals surface area contributed by atoms with E-state index in [9.17, 15) is 18.0 Å². The van der Waals surface area contributed by atoms with E-state index in [-0.39, 0.29) is 5.69 Å². The van der Waals surface area contributed by atoms with Crippen LogP contribution in [-0.2, 0) is 10.9 Å². The molecule has 116 valence electrons. The maximum absolute atomic E-state index is 13.0. The lowest BCUT2D eigenvalue weighted by Gasteiger charge is -2.14. The van der Waals surface area contributed by atoms with Gasteiger partial charge >= 0.3 is 12.1 Å². The van der Waals surface area contributed by atoms with E-state index < -0.39 is 34.5 Å². The summed E-state index contributed by atoms with van der Waals surface area (Å²) in [5.41, 5.74) is -3.28. The Morgan fingerprint density at radius 1 is 1.17 bits per heavy atom. The number of nitrogens with zero attached hydrogens (tertiary/aromatic N) is 3. The Bertz CT molecular complexity index is 776. The number of carbonyl (C=O) groups is 1. The molecule has 0 heterocycles. The lowest BCUT2D eigenvalue weighted by atomic mass is 10.1. The first-order chi connectivity index (χ1) is 10.8. The van der Waals surface area contributed by atoms with E-state index >= 15 is 0 Å². The van der Waals surface area contributed by atoms with Crippen LogP contribution in [0.15, 0.2) is 29.5 Å². The largest absolute Gasteiger partial charge is 0.465 e. The lowest BCUT2D eigenvalue weighted by molar-refractivity contribution is -0.138. The monoisotopic (exact) mass is 320 g/mol. The van der Waals surface area contributed by atoms with Crippen molar-refractivity contribution in [1.82, 2.24) is 0 Å². The van der Waals surface area contributed by atoms with Gasteiger partial charge in [-0.15, -0.1) is 0 Å². The number of nitriles is 3. The van der Waals surface area contributed by atoms with Crippen molar-refractivity contribution < 1.29 is 22.7 Å². The maximum atomic E-state index is 13.0. The molecule has 0 aliphatic carbocycles. The summed E-state index contributed by atoms with van der Waals surface area (Å²) in [5, 5.41) is 28.5. The molecule has 0 radical (unpaired) electrons. The third-order valence-corrected chi connectivity index (χ3v) is 2.59.